The van der Waals surface area contributed by atoms with E-state index in [1.807, 2.05) is 53.4 Å². The number of rotatable bonds is 6. The van der Waals surface area contributed by atoms with Crippen molar-refractivity contribution >= 4 is 11.7 Å². The summed E-state index contributed by atoms with van der Waals surface area (Å²) >= 11 is 0. The summed E-state index contributed by atoms with van der Waals surface area (Å²) in [6, 6.07) is 15.2. The zero-order valence-electron chi connectivity index (χ0n) is 19.2. The van der Waals surface area contributed by atoms with E-state index in [1.54, 1.807) is 14.2 Å². The van der Waals surface area contributed by atoms with E-state index in [0.717, 1.165) is 34.1 Å². The Bertz CT molecular complexity index is 1180. The summed E-state index contributed by atoms with van der Waals surface area (Å²) < 4.78 is 21.4. The van der Waals surface area contributed by atoms with Crippen LogP contribution in [0.4, 0.5) is 5.82 Å². The second kappa shape index (κ2) is 9.46. The zero-order chi connectivity index (χ0) is 23.5. The van der Waals surface area contributed by atoms with Crippen molar-refractivity contribution in [2.75, 3.05) is 52.1 Å². The molecular weight excluding hydrogens is 436 g/mol. The van der Waals surface area contributed by atoms with Gasteiger partial charge in [-0.15, -0.1) is 10.2 Å². The highest BCUT2D eigenvalue weighted by Crippen LogP contribution is 2.35. The Balaban J connectivity index is 1.18. The lowest BCUT2D eigenvalue weighted by atomic mass is 10.1. The Labute approximate surface area is 197 Å². The first kappa shape index (κ1) is 21.8. The van der Waals surface area contributed by atoms with E-state index in [0.29, 0.717) is 44.1 Å². The summed E-state index contributed by atoms with van der Waals surface area (Å²) in [5.74, 6) is 3.63. The molecule has 0 bridgehead atoms. The third-order valence-corrected chi connectivity index (χ3v) is 6.08. The van der Waals surface area contributed by atoms with Gasteiger partial charge in [0.1, 0.15) is 0 Å². The number of hydrogen-bond donors (Lipinski definition) is 0. The molecule has 3 aromatic rings. The average molecular weight is 463 g/mol. The van der Waals surface area contributed by atoms with Crippen LogP contribution >= 0.6 is 0 Å². The van der Waals surface area contributed by atoms with Crippen LogP contribution in [0, 0.1) is 0 Å². The number of ether oxygens (including phenoxy) is 4. The van der Waals surface area contributed by atoms with E-state index < -0.39 is 0 Å². The Morgan fingerprint density at radius 2 is 1.68 bits per heavy atom. The van der Waals surface area contributed by atoms with Crippen molar-refractivity contribution in [3.63, 3.8) is 0 Å². The van der Waals surface area contributed by atoms with Crippen molar-refractivity contribution in [2.45, 2.75) is 6.42 Å². The molecular formula is C25H26N4O5. The van der Waals surface area contributed by atoms with Gasteiger partial charge < -0.3 is 28.7 Å². The molecule has 5 rings (SSSR count). The number of piperazine rings is 1. The van der Waals surface area contributed by atoms with Crippen LogP contribution < -0.4 is 23.8 Å². The maximum absolute atomic E-state index is 12.8. The summed E-state index contributed by atoms with van der Waals surface area (Å²) in [5, 5.41) is 8.82. The molecule has 9 heteroatoms. The number of carbonyl (C=O) groups is 1. The second-order valence-electron chi connectivity index (χ2n) is 8.08. The van der Waals surface area contributed by atoms with Crippen molar-refractivity contribution in [3.8, 4) is 34.3 Å². The van der Waals surface area contributed by atoms with Gasteiger partial charge in [0.15, 0.2) is 28.8 Å². The third kappa shape index (κ3) is 4.41. The van der Waals surface area contributed by atoms with Crippen LogP contribution in [-0.2, 0) is 11.2 Å². The van der Waals surface area contributed by atoms with Crippen molar-refractivity contribution in [1.82, 2.24) is 15.1 Å². The Hall–Kier alpha value is -4.01. The van der Waals surface area contributed by atoms with Crippen LogP contribution in [-0.4, -0.2) is 68.2 Å². The molecule has 3 heterocycles. The number of nitrogens with zero attached hydrogens (tertiary/aromatic N) is 4. The second-order valence-corrected chi connectivity index (χ2v) is 8.08. The van der Waals surface area contributed by atoms with E-state index in [2.05, 4.69) is 15.1 Å². The van der Waals surface area contributed by atoms with Gasteiger partial charge in [-0.25, -0.2) is 0 Å². The fraction of sp³-hybridized carbons (Fsp3) is 0.320. The molecule has 1 saturated heterocycles. The van der Waals surface area contributed by atoms with Gasteiger partial charge in [-0.05, 0) is 48.0 Å². The van der Waals surface area contributed by atoms with E-state index in [1.165, 1.54) is 0 Å². The fourth-order valence-electron chi connectivity index (χ4n) is 4.17. The highest BCUT2D eigenvalue weighted by Gasteiger charge is 2.23. The number of hydrogen-bond acceptors (Lipinski definition) is 8. The molecule has 0 N–H and O–H groups in total. The van der Waals surface area contributed by atoms with Gasteiger partial charge in [0.25, 0.3) is 0 Å². The highest BCUT2D eigenvalue weighted by atomic mass is 16.7. The number of methoxy groups -OCH3 is 2. The van der Waals surface area contributed by atoms with Gasteiger partial charge in [0, 0.05) is 31.7 Å². The lowest BCUT2D eigenvalue weighted by Crippen LogP contribution is -2.49. The molecule has 176 valence electrons. The topological polar surface area (TPSA) is 86.3 Å². The van der Waals surface area contributed by atoms with E-state index in [9.17, 15) is 4.79 Å². The van der Waals surface area contributed by atoms with Gasteiger partial charge >= 0.3 is 0 Å². The molecule has 0 unspecified atom stereocenters. The standard InChI is InChI=1S/C25H26N4O5/c1-31-20-6-3-17(13-22(20)32-2)14-25(30)29-11-9-28(10-12-29)24-8-5-19(26-27-24)18-4-7-21-23(15-18)34-16-33-21/h3-8,13,15H,9-12,14,16H2,1-2H3. The molecule has 9 nitrogen and oxygen atoms in total. The van der Waals surface area contributed by atoms with E-state index in [4.69, 9.17) is 18.9 Å². The quantitative estimate of drug-likeness (QED) is 0.553. The van der Waals surface area contributed by atoms with Crippen LogP contribution in [0.15, 0.2) is 48.5 Å². The van der Waals surface area contributed by atoms with Crippen LogP contribution in [0.5, 0.6) is 23.0 Å². The number of carbonyl (C=O) groups excluding carboxylic acids is 1. The molecule has 0 spiro atoms. The first-order chi connectivity index (χ1) is 16.6. The van der Waals surface area contributed by atoms with Gasteiger partial charge in [-0.1, -0.05) is 6.07 Å². The summed E-state index contributed by atoms with van der Waals surface area (Å²) in [6.07, 6.45) is 0.324. The first-order valence-corrected chi connectivity index (χ1v) is 11.1. The van der Waals surface area contributed by atoms with Crippen molar-refractivity contribution in [2.24, 2.45) is 0 Å². The third-order valence-electron chi connectivity index (χ3n) is 6.08. The van der Waals surface area contributed by atoms with Crippen molar-refractivity contribution in [3.05, 3.63) is 54.1 Å². The minimum Gasteiger partial charge on any atom is -0.493 e. The highest BCUT2D eigenvalue weighted by molar-refractivity contribution is 5.79. The molecule has 0 saturated carbocycles. The normalized spacial score (nSPS) is 14.8. The molecule has 2 aromatic carbocycles. The molecule has 2 aliphatic rings. The van der Waals surface area contributed by atoms with Crippen LogP contribution in [0.3, 0.4) is 0 Å². The molecule has 1 fully saturated rings. The van der Waals surface area contributed by atoms with Crippen molar-refractivity contribution in [1.29, 1.82) is 0 Å². The summed E-state index contributed by atoms with van der Waals surface area (Å²) in [6.45, 7) is 2.92. The molecule has 1 aromatic heterocycles. The summed E-state index contributed by atoms with van der Waals surface area (Å²) in [4.78, 5) is 16.9. The number of benzene rings is 2. The molecule has 0 radical (unpaired) electrons. The predicted molar refractivity (Wildman–Crippen MR) is 126 cm³/mol. The zero-order valence-corrected chi connectivity index (χ0v) is 19.2. The maximum atomic E-state index is 12.8. The number of anilines is 1. The Morgan fingerprint density at radius 1 is 0.882 bits per heavy atom. The minimum atomic E-state index is 0.0936. The fourth-order valence-corrected chi connectivity index (χ4v) is 4.17. The summed E-state index contributed by atoms with van der Waals surface area (Å²) in [7, 11) is 3.19. The van der Waals surface area contributed by atoms with Gasteiger partial charge in [-0.3, -0.25) is 4.79 Å². The Morgan fingerprint density at radius 3 is 2.41 bits per heavy atom. The van der Waals surface area contributed by atoms with Gasteiger partial charge in [-0.2, -0.15) is 0 Å². The van der Waals surface area contributed by atoms with E-state index in [-0.39, 0.29) is 12.7 Å². The molecule has 2 aliphatic heterocycles. The number of amides is 1. The van der Waals surface area contributed by atoms with Crippen LogP contribution in [0.25, 0.3) is 11.3 Å². The van der Waals surface area contributed by atoms with Crippen LogP contribution in [0.2, 0.25) is 0 Å². The first-order valence-electron chi connectivity index (χ1n) is 11.1. The molecule has 0 aliphatic carbocycles. The predicted octanol–water partition coefficient (Wildman–Crippen LogP) is 2.78. The monoisotopic (exact) mass is 462 g/mol. The van der Waals surface area contributed by atoms with Gasteiger partial charge in [0.05, 0.1) is 26.3 Å². The average Bonchev–Trinajstić information content (AvgIpc) is 3.37. The van der Waals surface area contributed by atoms with Crippen molar-refractivity contribution < 1.29 is 23.7 Å². The van der Waals surface area contributed by atoms with E-state index >= 15 is 0 Å². The lowest BCUT2D eigenvalue weighted by Gasteiger charge is -2.35. The molecule has 34 heavy (non-hydrogen) atoms. The minimum absolute atomic E-state index is 0.0936. The largest absolute Gasteiger partial charge is 0.493 e. The molecule has 1 amide bonds. The van der Waals surface area contributed by atoms with Gasteiger partial charge in [0.2, 0.25) is 12.7 Å². The van der Waals surface area contributed by atoms with Crippen LogP contribution in [0.1, 0.15) is 5.56 Å². The Kier molecular flexibility index (Phi) is 6.07. The number of aromatic nitrogens is 2. The maximum Gasteiger partial charge on any atom is 0.231 e. The smallest absolute Gasteiger partial charge is 0.231 e. The SMILES string of the molecule is COc1ccc(CC(=O)N2CCN(c3ccc(-c4ccc5c(c4)OCO5)nn3)CC2)cc1OC. The number of fused-ring (bicyclic) bond motifs is 1. The molecule has 0 atom stereocenters. The lowest BCUT2D eigenvalue weighted by molar-refractivity contribution is -0.130. The summed E-state index contributed by atoms with van der Waals surface area (Å²) in [5.41, 5.74) is 2.59.